The monoisotopic (exact) mass is 449 g/mol. The summed E-state index contributed by atoms with van der Waals surface area (Å²) in [5.41, 5.74) is -0.0255. The Hall–Kier alpha value is -3.04. The lowest BCUT2D eigenvalue weighted by Crippen LogP contribution is -2.35. The highest BCUT2D eigenvalue weighted by atomic mass is 35.5. The van der Waals surface area contributed by atoms with Crippen LogP contribution in [-0.4, -0.2) is 42.7 Å². The Morgan fingerprint density at radius 1 is 1.17 bits per heavy atom. The van der Waals surface area contributed by atoms with Gasteiger partial charge in [0.05, 0.1) is 17.1 Å². The van der Waals surface area contributed by atoms with Crippen LogP contribution in [0.25, 0.3) is 16.9 Å². The van der Waals surface area contributed by atoms with Gasteiger partial charge in [-0.25, -0.2) is 12.8 Å². The first-order chi connectivity index (χ1) is 14.1. The summed E-state index contributed by atoms with van der Waals surface area (Å²) in [6, 6.07) is 13.1. The summed E-state index contributed by atoms with van der Waals surface area (Å²) >= 11 is 5.91. The van der Waals surface area contributed by atoms with E-state index in [1.807, 2.05) is 0 Å². The van der Waals surface area contributed by atoms with Gasteiger partial charge in [-0.15, -0.1) is 0 Å². The average Bonchev–Trinajstić information content (AvgIpc) is 2.68. The van der Waals surface area contributed by atoms with Crippen LogP contribution in [0.3, 0.4) is 0 Å². The molecule has 10 heteroatoms. The normalized spacial score (nSPS) is 11.3. The maximum Gasteiger partial charge on any atom is 0.284 e. The van der Waals surface area contributed by atoms with E-state index in [0.717, 1.165) is 17.0 Å². The molecule has 0 saturated heterocycles. The van der Waals surface area contributed by atoms with Gasteiger partial charge in [0.15, 0.2) is 0 Å². The quantitative estimate of drug-likeness (QED) is 0.623. The fourth-order valence-corrected chi connectivity index (χ4v) is 3.25. The van der Waals surface area contributed by atoms with Gasteiger partial charge in [0.2, 0.25) is 0 Å². The maximum atomic E-state index is 13.7. The Labute approximate surface area is 177 Å². The van der Waals surface area contributed by atoms with Crippen molar-refractivity contribution in [3.63, 3.8) is 0 Å². The van der Waals surface area contributed by atoms with Crippen LogP contribution in [0.5, 0.6) is 0 Å². The fourth-order valence-electron chi connectivity index (χ4n) is 2.65. The van der Waals surface area contributed by atoms with Gasteiger partial charge in [0.1, 0.15) is 21.2 Å². The molecule has 0 aliphatic heterocycles. The minimum Gasteiger partial charge on any atom is -0.351 e. The van der Waals surface area contributed by atoms with Crippen molar-refractivity contribution >= 4 is 27.3 Å². The second-order valence-corrected chi connectivity index (χ2v) is 9.23. The molecule has 7 nitrogen and oxygen atoms in total. The molecule has 0 spiro atoms. The van der Waals surface area contributed by atoms with E-state index < -0.39 is 27.1 Å². The number of amides is 1. The third-order valence-electron chi connectivity index (χ3n) is 4.11. The molecule has 0 aliphatic carbocycles. The lowest BCUT2D eigenvalue weighted by Gasteiger charge is -2.11. The van der Waals surface area contributed by atoms with E-state index in [9.17, 15) is 22.4 Å². The van der Waals surface area contributed by atoms with E-state index in [1.165, 1.54) is 24.3 Å². The third kappa shape index (κ3) is 5.31. The van der Waals surface area contributed by atoms with E-state index in [-0.39, 0.29) is 29.2 Å². The molecule has 1 N–H and O–H groups in total. The summed E-state index contributed by atoms with van der Waals surface area (Å²) < 4.78 is 37.2. The van der Waals surface area contributed by atoms with Crippen LogP contribution in [0.2, 0.25) is 5.02 Å². The Morgan fingerprint density at radius 2 is 1.87 bits per heavy atom. The molecule has 0 atom stereocenters. The maximum absolute atomic E-state index is 13.7. The number of hydrogen-bond acceptors (Lipinski definition) is 5. The largest absolute Gasteiger partial charge is 0.351 e. The summed E-state index contributed by atoms with van der Waals surface area (Å²) in [5, 5.41) is 7.18. The molecule has 0 bridgehead atoms. The smallest absolute Gasteiger partial charge is 0.284 e. The van der Waals surface area contributed by atoms with Gasteiger partial charge in [-0.3, -0.25) is 9.59 Å². The summed E-state index contributed by atoms with van der Waals surface area (Å²) in [7, 11) is -3.29. The van der Waals surface area contributed by atoms with E-state index in [4.69, 9.17) is 11.6 Å². The fraction of sp³-hybridized carbons (Fsp3) is 0.150. The molecule has 3 aromatic rings. The first-order valence-corrected chi connectivity index (χ1v) is 11.2. The Balaban J connectivity index is 2.09. The lowest BCUT2D eigenvalue weighted by atomic mass is 10.1. The molecular weight excluding hydrogens is 433 g/mol. The van der Waals surface area contributed by atoms with Crippen LogP contribution in [0.1, 0.15) is 10.4 Å². The van der Waals surface area contributed by atoms with E-state index in [1.54, 1.807) is 24.3 Å². The van der Waals surface area contributed by atoms with E-state index in [2.05, 4.69) is 10.4 Å². The number of nitrogens with one attached hydrogen (secondary N) is 1. The van der Waals surface area contributed by atoms with Crippen molar-refractivity contribution in [2.75, 3.05) is 18.6 Å². The van der Waals surface area contributed by atoms with Gasteiger partial charge >= 0.3 is 0 Å². The van der Waals surface area contributed by atoms with Crippen LogP contribution < -0.4 is 10.9 Å². The van der Waals surface area contributed by atoms with Crippen molar-refractivity contribution in [1.29, 1.82) is 0 Å². The molecular formula is C20H17ClFN3O4S. The highest BCUT2D eigenvalue weighted by Crippen LogP contribution is 2.20. The first kappa shape index (κ1) is 21.7. The predicted octanol–water partition coefficient (Wildman–Crippen LogP) is 2.47. The topological polar surface area (TPSA) is 98.1 Å². The van der Waals surface area contributed by atoms with Gasteiger partial charge in [-0.1, -0.05) is 29.8 Å². The number of halogens is 2. The summed E-state index contributed by atoms with van der Waals surface area (Å²) in [5.74, 6) is -1.60. The SMILES string of the molecule is CS(=O)(=O)CCNC(=O)c1cc(-c2ccc(Cl)cc2)nn(-c2cccc(F)c2)c1=O. The number of hydrogen-bond donors (Lipinski definition) is 1. The van der Waals surface area contributed by atoms with Crippen LogP contribution in [0, 0.1) is 5.82 Å². The molecule has 3 rings (SSSR count). The third-order valence-corrected chi connectivity index (χ3v) is 5.31. The van der Waals surface area contributed by atoms with Gasteiger partial charge < -0.3 is 5.32 Å². The zero-order valence-electron chi connectivity index (χ0n) is 15.8. The summed E-state index contributed by atoms with van der Waals surface area (Å²) in [4.78, 5) is 25.5. The molecule has 30 heavy (non-hydrogen) atoms. The number of rotatable bonds is 6. The van der Waals surface area contributed by atoms with Crippen molar-refractivity contribution < 1.29 is 17.6 Å². The second-order valence-electron chi connectivity index (χ2n) is 6.53. The first-order valence-electron chi connectivity index (χ1n) is 8.76. The van der Waals surface area contributed by atoms with Crippen molar-refractivity contribution in [2.45, 2.75) is 0 Å². The second kappa shape index (κ2) is 8.76. The van der Waals surface area contributed by atoms with E-state index >= 15 is 0 Å². The Bertz CT molecular complexity index is 1260. The number of carbonyl (C=O) groups is 1. The zero-order valence-corrected chi connectivity index (χ0v) is 17.4. The standard InChI is InChI=1S/C20H17ClFN3O4S/c1-30(28,29)10-9-23-19(26)17-12-18(13-5-7-14(21)8-6-13)24-25(20(17)27)16-4-2-3-15(22)11-16/h2-8,11-12H,9-10H2,1H3,(H,23,26). The van der Waals surface area contributed by atoms with E-state index in [0.29, 0.717) is 10.6 Å². The number of nitrogens with zero attached hydrogens (tertiary/aromatic N) is 2. The minimum absolute atomic E-state index is 0.140. The summed E-state index contributed by atoms with van der Waals surface area (Å²) in [6.07, 6.45) is 1.04. The Morgan fingerprint density at radius 3 is 2.50 bits per heavy atom. The van der Waals surface area contributed by atoms with Crippen molar-refractivity contribution in [1.82, 2.24) is 15.1 Å². The molecule has 0 saturated carbocycles. The number of carbonyl (C=O) groups excluding carboxylic acids is 1. The summed E-state index contributed by atoms with van der Waals surface area (Å²) in [6.45, 7) is -0.157. The molecule has 1 heterocycles. The van der Waals surface area contributed by atoms with Gasteiger partial charge in [0.25, 0.3) is 11.5 Å². The van der Waals surface area contributed by atoms with Crippen molar-refractivity contribution in [3.05, 3.63) is 81.4 Å². The van der Waals surface area contributed by atoms with Crippen LogP contribution in [0.15, 0.2) is 59.4 Å². The molecule has 0 fully saturated rings. The molecule has 1 aromatic heterocycles. The molecule has 1 amide bonds. The van der Waals surface area contributed by atoms with Crippen molar-refractivity contribution in [3.8, 4) is 16.9 Å². The molecule has 0 unspecified atom stereocenters. The van der Waals surface area contributed by atoms with Crippen LogP contribution in [0.4, 0.5) is 4.39 Å². The zero-order chi connectivity index (χ0) is 21.9. The van der Waals surface area contributed by atoms with Gasteiger partial charge in [-0.2, -0.15) is 9.78 Å². The lowest BCUT2D eigenvalue weighted by molar-refractivity contribution is 0.0954. The molecule has 0 aliphatic rings. The molecule has 0 radical (unpaired) electrons. The number of benzene rings is 2. The van der Waals surface area contributed by atoms with Gasteiger partial charge in [0, 0.05) is 23.4 Å². The van der Waals surface area contributed by atoms with Crippen molar-refractivity contribution in [2.24, 2.45) is 0 Å². The number of aromatic nitrogens is 2. The minimum atomic E-state index is -3.29. The number of sulfone groups is 1. The van der Waals surface area contributed by atoms with Crippen LogP contribution >= 0.6 is 11.6 Å². The Kier molecular flexibility index (Phi) is 6.33. The average molecular weight is 450 g/mol. The predicted molar refractivity (Wildman–Crippen MR) is 112 cm³/mol. The molecule has 2 aromatic carbocycles. The van der Waals surface area contributed by atoms with Crippen LogP contribution in [-0.2, 0) is 9.84 Å². The molecule has 156 valence electrons. The highest BCUT2D eigenvalue weighted by molar-refractivity contribution is 7.90. The van der Waals surface area contributed by atoms with Gasteiger partial charge in [-0.05, 0) is 36.4 Å². The highest BCUT2D eigenvalue weighted by Gasteiger charge is 2.18.